The molecule has 1 aromatic carbocycles. The highest BCUT2D eigenvalue weighted by Crippen LogP contribution is 2.19. The van der Waals surface area contributed by atoms with Gasteiger partial charge in [0.25, 0.3) is 0 Å². The number of hydrogen-bond donors (Lipinski definition) is 1. The van der Waals surface area contributed by atoms with Crippen LogP contribution in [0.5, 0.6) is 11.5 Å². The second kappa shape index (κ2) is 9.43. The van der Waals surface area contributed by atoms with Crippen LogP contribution in [-0.2, 0) is 4.79 Å². The molecule has 0 aliphatic carbocycles. The molecule has 1 fully saturated rings. The van der Waals surface area contributed by atoms with E-state index in [9.17, 15) is 14.7 Å². The van der Waals surface area contributed by atoms with Crippen molar-refractivity contribution in [3.8, 4) is 11.5 Å². The molecule has 1 aliphatic rings. The molecule has 7 nitrogen and oxygen atoms in total. The third kappa shape index (κ3) is 5.11. The molecule has 2 atom stereocenters. The molecule has 0 unspecified atom stereocenters. The van der Waals surface area contributed by atoms with Crippen LogP contribution in [0.3, 0.4) is 0 Å². The SMILES string of the molecule is CCOc1ccc(OC[C@H](O)CN2C(=O)CCN([C@@H](C)CC)C2=O)cc1. The lowest BCUT2D eigenvalue weighted by atomic mass is 10.1. The van der Waals surface area contributed by atoms with Crippen molar-refractivity contribution in [3.63, 3.8) is 0 Å². The van der Waals surface area contributed by atoms with Crippen molar-refractivity contribution in [2.45, 2.75) is 45.8 Å². The number of ether oxygens (including phenoxy) is 2. The Kier molecular flexibility index (Phi) is 7.26. The highest BCUT2D eigenvalue weighted by molar-refractivity contribution is 5.97. The summed E-state index contributed by atoms with van der Waals surface area (Å²) < 4.78 is 10.9. The molecule has 1 aromatic rings. The van der Waals surface area contributed by atoms with Crippen molar-refractivity contribution in [3.05, 3.63) is 24.3 Å². The molecular weight excluding hydrogens is 336 g/mol. The van der Waals surface area contributed by atoms with E-state index >= 15 is 0 Å². The van der Waals surface area contributed by atoms with Crippen molar-refractivity contribution in [2.24, 2.45) is 0 Å². The van der Waals surface area contributed by atoms with Crippen molar-refractivity contribution < 1.29 is 24.2 Å². The summed E-state index contributed by atoms with van der Waals surface area (Å²) in [4.78, 5) is 27.4. The number of aliphatic hydroxyl groups is 1. The average molecular weight is 364 g/mol. The summed E-state index contributed by atoms with van der Waals surface area (Å²) in [5.41, 5.74) is 0. The number of benzene rings is 1. The maximum Gasteiger partial charge on any atom is 0.327 e. The van der Waals surface area contributed by atoms with Crippen LogP contribution in [0.15, 0.2) is 24.3 Å². The van der Waals surface area contributed by atoms with E-state index in [2.05, 4.69) is 0 Å². The quantitative estimate of drug-likeness (QED) is 0.727. The first-order valence-electron chi connectivity index (χ1n) is 9.10. The summed E-state index contributed by atoms with van der Waals surface area (Å²) in [6, 6.07) is 6.80. The molecule has 1 N–H and O–H groups in total. The van der Waals surface area contributed by atoms with E-state index in [1.807, 2.05) is 20.8 Å². The molecule has 1 saturated heterocycles. The van der Waals surface area contributed by atoms with Crippen molar-refractivity contribution >= 4 is 11.9 Å². The highest BCUT2D eigenvalue weighted by Gasteiger charge is 2.35. The molecule has 0 spiro atoms. The number of amides is 3. The molecule has 7 heteroatoms. The number of hydrogen-bond acceptors (Lipinski definition) is 5. The van der Waals surface area contributed by atoms with Gasteiger partial charge in [-0.05, 0) is 44.5 Å². The van der Waals surface area contributed by atoms with Crippen molar-refractivity contribution in [2.75, 3.05) is 26.3 Å². The molecule has 1 aliphatic heterocycles. The molecule has 0 saturated carbocycles. The van der Waals surface area contributed by atoms with Gasteiger partial charge in [-0.3, -0.25) is 9.69 Å². The fourth-order valence-electron chi connectivity index (χ4n) is 2.77. The van der Waals surface area contributed by atoms with Crippen molar-refractivity contribution in [1.82, 2.24) is 9.80 Å². The Labute approximate surface area is 154 Å². The maximum absolute atomic E-state index is 12.5. The lowest BCUT2D eigenvalue weighted by molar-refractivity contribution is -0.132. The van der Waals surface area contributed by atoms with Crippen LogP contribution in [0, 0.1) is 0 Å². The minimum atomic E-state index is -0.952. The number of urea groups is 1. The molecule has 1 heterocycles. The van der Waals surface area contributed by atoms with Crippen molar-refractivity contribution in [1.29, 1.82) is 0 Å². The Morgan fingerprint density at radius 1 is 1.12 bits per heavy atom. The fraction of sp³-hybridized carbons (Fsp3) is 0.579. The van der Waals surface area contributed by atoms with E-state index in [1.165, 1.54) is 0 Å². The second-order valence-corrected chi connectivity index (χ2v) is 6.36. The highest BCUT2D eigenvalue weighted by atomic mass is 16.5. The summed E-state index contributed by atoms with van der Waals surface area (Å²) in [6.45, 7) is 6.81. The van der Waals surface area contributed by atoms with Crippen LogP contribution in [0.1, 0.15) is 33.6 Å². The van der Waals surface area contributed by atoms with Gasteiger partial charge in [0.05, 0.1) is 13.2 Å². The average Bonchev–Trinajstić information content (AvgIpc) is 2.64. The fourth-order valence-corrected chi connectivity index (χ4v) is 2.77. The summed E-state index contributed by atoms with van der Waals surface area (Å²) in [7, 11) is 0. The second-order valence-electron chi connectivity index (χ2n) is 6.36. The molecule has 0 bridgehead atoms. The van der Waals surface area contributed by atoms with Gasteiger partial charge in [-0.25, -0.2) is 4.79 Å². The normalized spacial score (nSPS) is 17.2. The van der Waals surface area contributed by atoms with Crippen LogP contribution < -0.4 is 9.47 Å². The van der Waals surface area contributed by atoms with Gasteiger partial charge in [0.15, 0.2) is 0 Å². The van der Waals surface area contributed by atoms with Gasteiger partial charge < -0.3 is 19.5 Å². The van der Waals surface area contributed by atoms with Gasteiger partial charge in [-0.15, -0.1) is 0 Å². The van der Waals surface area contributed by atoms with Gasteiger partial charge in [0.1, 0.15) is 24.2 Å². The summed E-state index contributed by atoms with van der Waals surface area (Å²) >= 11 is 0. The Morgan fingerprint density at radius 2 is 1.73 bits per heavy atom. The summed E-state index contributed by atoms with van der Waals surface area (Å²) in [6.07, 6.45) is 0.144. The molecule has 144 valence electrons. The van der Waals surface area contributed by atoms with Gasteiger partial charge in [-0.2, -0.15) is 0 Å². The molecule has 0 aromatic heterocycles. The predicted molar refractivity (Wildman–Crippen MR) is 97.3 cm³/mol. The van der Waals surface area contributed by atoms with E-state index in [0.717, 1.165) is 17.1 Å². The van der Waals surface area contributed by atoms with Crippen LogP contribution in [0.4, 0.5) is 4.79 Å². The van der Waals surface area contributed by atoms with E-state index in [-0.39, 0.29) is 37.6 Å². The van der Waals surface area contributed by atoms with E-state index in [0.29, 0.717) is 18.9 Å². The van der Waals surface area contributed by atoms with E-state index < -0.39 is 6.10 Å². The number of nitrogens with zero attached hydrogens (tertiary/aromatic N) is 2. The first-order chi connectivity index (χ1) is 12.5. The van der Waals surface area contributed by atoms with Gasteiger partial charge in [-0.1, -0.05) is 6.92 Å². The zero-order chi connectivity index (χ0) is 19.1. The number of aliphatic hydroxyl groups excluding tert-OH is 1. The molecular formula is C19H28N2O5. The number of rotatable bonds is 9. The standard InChI is InChI=1S/C19H28N2O5/c1-4-14(3)20-11-10-18(23)21(19(20)24)12-15(22)13-26-17-8-6-16(7-9-17)25-5-2/h6-9,14-15,22H,4-5,10-13H2,1-3H3/t14-,15+/m0/s1. The first kappa shape index (κ1) is 20.0. The topological polar surface area (TPSA) is 79.3 Å². The molecule has 26 heavy (non-hydrogen) atoms. The Morgan fingerprint density at radius 3 is 2.31 bits per heavy atom. The lowest BCUT2D eigenvalue weighted by Crippen LogP contribution is -2.56. The Balaban J connectivity index is 1.88. The van der Waals surface area contributed by atoms with Crippen LogP contribution in [0.25, 0.3) is 0 Å². The number of β-amino-alcohol motifs (C(OH)–C–C–N with tert-alkyl or cyclic N) is 1. The third-order valence-corrected chi connectivity index (χ3v) is 4.44. The lowest BCUT2D eigenvalue weighted by Gasteiger charge is -2.38. The monoisotopic (exact) mass is 364 g/mol. The van der Waals surface area contributed by atoms with Crippen LogP contribution in [-0.4, -0.2) is 65.3 Å². The van der Waals surface area contributed by atoms with Gasteiger partial charge in [0.2, 0.25) is 5.91 Å². The number of imide groups is 1. The molecule has 3 amide bonds. The first-order valence-corrected chi connectivity index (χ1v) is 9.10. The van der Waals surface area contributed by atoms with Gasteiger partial charge >= 0.3 is 6.03 Å². The van der Waals surface area contributed by atoms with Gasteiger partial charge in [0, 0.05) is 19.0 Å². The minimum absolute atomic E-state index is 0.00558. The minimum Gasteiger partial charge on any atom is -0.494 e. The number of carbonyl (C=O) groups excluding carboxylic acids is 2. The van der Waals surface area contributed by atoms with E-state index in [4.69, 9.17) is 9.47 Å². The number of carbonyl (C=O) groups is 2. The zero-order valence-corrected chi connectivity index (χ0v) is 15.7. The molecule has 2 rings (SSSR count). The van der Waals surface area contributed by atoms with Crippen LogP contribution in [0.2, 0.25) is 0 Å². The Hall–Kier alpha value is -2.28. The largest absolute Gasteiger partial charge is 0.494 e. The Bertz CT molecular complexity index is 604. The van der Waals surface area contributed by atoms with E-state index in [1.54, 1.807) is 29.2 Å². The predicted octanol–water partition coefficient (Wildman–Crippen LogP) is 2.28. The summed E-state index contributed by atoms with van der Waals surface area (Å²) in [5.74, 6) is 1.08. The third-order valence-electron chi connectivity index (χ3n) is 4.44. The zero-order valence-electron chi connectivity index (χ0n) is 15.7. The molecule has 0 radical (unpaired) electrons. The summed E-state index contributed by atoms with van der Waals surface area (Å²) in [5, 5.41) is 10.2. The maximum atomic E-state index is 12.5. The van der Waals surface area contributed by atoms with Crippen LogP contribution >= 0.6 is 0 Å². The smallest absolute Gasteiger partial charge is 0.327 e.